The van der Waals surface area contributed by atoms with Crippen molar-refractivity contribution in [3.8, 4) is 0 Å². The monoisotopic (exact) mass is 302 g/mol. The summed E-state index contributed by atoms with van der Waals surface area (Å²) in [4.78, 5) is 0. The highest BCUT2D eigenvalue weighted by Gasteiger charge is 2.37. The van der Waals surface area contributed by atoms with Crippen LogP contribution in [0.25, 0.3) is 0 Å². The van der Waals surface area contributed by atoms with Crippen LogP contribution >= 0.6 is 0 Å². The number of hydrogen-bond acceptors (Lipinski definition) is 5. The van der Waals surface area contributed by atoms with Gasteiger partial charge in [0.15, 0.2) is 0 Å². The van der Waals surface area contributed by atoms with Crippen molar-refractivity contribution in [2.75, 3.05) is 19.8 Å². The first-order valence-electron chi connectivity index (χ1n) is 8.05. The Kier molecular flexibility index (Phi) is 9.87. The largest absolute Gasteiger partial charge is 0.388 e. The van der Waals surface area contributed by atoms with Crippen LogP contribution in [-0.2, 0) is 9.47 Å². The molecule has 5 heteroatoms. The van der Waals surface area contributed by atoms with Crippen molar-refractivity contribution >= 4 is 0 Å². The van der Waals surface area contributed by atoms with Crippen molar-refractivity contribution in [2.45, 2.75) is 69.9 Å². The van der Waals surface area contributed by atoms with Gasteiger partial charge in [0.25, 0.3) is 0 Å². The zero-order chi connectivity index (χ0) is 15.5. The van der Waals surface area contributed by atoms with E-state index in [0.717, 1.165) is 25.7 Å². The molecule has 0 aromatic heterocycles. The van der Waals surface area contributed by atoms with Crippen LogP contribution in [0.5, 0.6) is 0 Å². The fraction of sp³-hybridized carbons (Fsp3) is 0.875. The Hall–Kier alpha value is -0.460. The van der Waals surface area contributed by atoms with Crippen LogP contribution in [0.1, 0.15) is 45.4 Å². The van der Waals surface area contributed by atoms with Crippen LogP contribution < -0.4 is 0 Å². The number of hydrogen-bond donors (Lipinski definition) is 3. The predicted molar refractivity (Wildman–Crippen MR) is 81.1 cm³/mol. The van der Waals surface area contributed by atoms with Gasteiger partial charge in [-0.25, -0.2) is 0 Å². The van der Waals surface area contributed by atoms with E-state index in [4.69, 9.17) is 9.47 Å². The van der Waals surface area contributed by atoms with E-state index in [1.165, 1.54) is 12.8 Å². The van der Waals surface area contributed by atoms with Gasteiger partial charge in [0.1, 0.15) is 24.4 Å². The Morgan fingerprint density at radius 2 is 1.81 bits per heavy atom. The summed E-state index contributed by atoms with van der Waals surface area (Å²) in [6.45, 7) is 3.07. The second-order valence-corrected chi connectivity index (χ2v) is 5.58. The van der Waals surface area contributed by atoms with E-state index in [1.54, 1.807) is 0 Å². The van der Waals surface area contributed by atoms with Crippen LogP contribution in [0.4, 0.5) is 0 Å². The van der Waals surface area contributed by atoms with Crippen molar-refractivity contribution in [3.05, 3.63) is 12.2 Å². The van der Waals surface area contributed by atoms with Crippen LogP contribution in [0, 0.1) is 0 Å². The first kappa shape index (κ1) is 18.6. The summed E-state index contributed by atoms with van der Waals surface area (Å²) in [6.07, 6.45) is 7.42. The van der Waals surface area contributed by atoms with E-state index >= 15 is 0 Å². The Morgan fingerprint density at radius 1 is 1.05 bits per heavy atom. The Bertz CT molecular complexity index is 282. The molecule has 5 nitrogen and oxygen atoms in total. The highest BCUT2D eigenvalue weighted by molar-refractivity contribution is 4.86. The fourth-order valence-corrected chi connectivity index (χ4v) is 2.32. The smallest absolute Gasteiger partial charge is 0.111 e. The lowest BCUT2D eigenvalue weighted by molar-refractivity contribution is -0.199. The highest BCUT2D eigenvalue weighted by Crippen LogP contribution is 2.16. The minimum atomic E-state index is -1.15. The SMILES string of the molecule is CC/C=C/CCCCCCOC[C@H]1OC[C@H](O)[C@@H](O)[C@@H]1O. The number of allylic oxidation sites excluding steroid dienone is 2. The summed E-state index contributed by atoms with van der Waals surface area (Å²) >= 11 is 0. The van der Waals surface area contributed by atoms with Crippen molar-refractivity contribution in [1.29, 1.82) is 0 Å². The Labute approximate surface area is 127 Å². The summed E-state index contributed by atoms with van der Waals surface area (Å²) in [5, 5.41) is 28.6. The molecule has 0 amide bonds. The highest BCUT2D eigenvalue weighted by atomic mass is 16.6. The van der Waals surface area contributed by atoms with Crippen molar-refractivity contribution in [3.63, 3.8) is 0 Å². The third-order valence-electron chi connectivity index (χ3n) is 3.70. The normalized spacial score (nSPS) is 30.1. The molecule has 0 radical (unpaired) electrons. The third-order valence-corrected chi connectivity index (χ3v) is 3.70. The first-order valence-corrected chi connectivity index (χ1v) is 8.05. The molecule has 1 fully saturated rings. The minimum Gasteiger partial charge on any atom is -0.388 e. The van der Waals surface area contributed by atoms with E-state index in [1.807, 2.05) is 0 Å². The molecule has 3 N–H and O–H groups in total. The molecule has 1 saturated heterocycles. The van der Waals surface area contributed by atoms with Gasteiger partial charge in [-0.3, -0.25) is 0 Å². The van der Waals surface area contributed by atoms with Gasteiger partial charge >= 0.3 is 0 Å². The van der Waals surface area contributed by atoms with Crippen molar-refractivity contribution in [1.82, 2.24) is 0 Å². The van der Waals surface area contributed by atoms with Gasteiger partial charge in [-0.15, -0.1) is 0 Å². The summed E-state index contributed by atoms with van der Waals surface area (Å²) in [7, 11) is 0. The Balaban J connectivity index is 1.96. The summed E-state index contributed by atoms with van der Waals surface area (Å²) < 4.78 is 10.7. The molecule has 1 heterocycles. The summed E-state index contributed by atoms with van der Waals surface area (Å²) in [5.41, 5.74) is 0. The van der Waals surface area contributed by atoms with E-state index in [-0.39, 0.29) is 13.2 Å². The van der Waals surface area contributed by atoms with Gasteiger partial charge in [-0.2, -0.15) is 0 Å². The lowest BCUT2D eigenvalue weighted by Crippen LogP contribution is -2.54. The van der Waals surface area contributed by atoms with Crippen LogP contribution in [0.15, 0.2) is 12.2 Å². The van der Waals surface area contributed by atoms with Crippen molar-refractivity contribution in [2.24, 2.45) is 0 Å². The maximum atomic E-state index is 9.73. The average Bonchev–Trinajstić information content (AvgIpc) is 2.49. The molecule has 4 atom stereocenters. The van der Waals surface area contributed by atoms with E-state index in [0.29, 0.717) is 6.61 Å². The second kappa shape index (κ2) is 11.2. The maximum Gasteiger partial charge on any atom is 0.111 e. The lowest BCUT2D eigenvalue weighted by atomic mass is 10.0. The number of aliphatic hydroxyl groups excluding tert-OH is 3. The molecular weight excluding hydrogens is 272 g/mol. The van der Waals surface area contributed by atoms with E-state index in [9.17, 15) is 15.3 Å². The number of aliphatic hydroxyl groups is 3. The molecule has 1 rings (SSSR count). The molecule has 21 heavy (non-hydrogen) atoms. The van der Waals surface area contributed by atoms with Crippen LogP contribution in [-0.4, -0.2) is 59.6 Å². The quantitative estimate of drug-likeness (QED) is 0.420. The molecule has 0 saturated carbocycles. The molecule has 0 aliphatic carbocycles. The van der Waals surface area contributed by atoms with Crippen LogP contribution in [0.2, 0.25) is 0 Å². The predicted octanol–water partition coefficient (Wildman–Crippen LogP) is 1.40. The van der Waals surface area contributed by atoms with Gasteiger partial charge in [-0.05, 0) is 25.7 Å². The van der Waals surface area contributed by atoms with Gasteiger partial charge in [0.2, 0.25) is 0 Å². The Morgan fingerprint density at radius 3 is 2.57 bits per heavy atom. The molecule has 0 spiro atoms. The van der Waals surface area contributed by atoms with E-state index < -0.39 is 24.4 Å². The summed E-state index contributed by atoms with van der Waals surface area (Å²) in [6, 6.07) is 0. The average molecular weight is 302 g/mol. The second-order valence-electron chi connectivity index (χ2n) is 5.58. The standard InChI is InChI=1S/C16H30O5/c1-2-3-4-5-6-7-8-9-10-20-12-14-16(19)15(18)13(17)11-21-14/h3-4,13-19H,2,5-12H2,1H3/b4-3+/t13-,14+,15+,16+/m0/s1. The van der Waals surface area contributed by atoms with Crippen molar-refractivity contribution < 1.29 is 24.8 Å². The molecule has 1 aliphatic rings. The van der Waals surface area contributed by atoms with Gasteiger partial charge in [-0.1, -0.05) is 31.9 Å². The topological polar surface area (TPSA) is 79.2 Å². The molecule has 0 aromatic carbocycles. The van der Waals surface area contributed by atoms with Gasteiger partial charge in [0, 0.05) is 6.61 Å². The zero-order valence-electron chi connectivity index (χ0n) is 13.0. The maximum absolute atomic E-state index is 9.73. The van der Waals surface area contributed by atoms with Gasteiger partial charge in [0.05, 0.1) is 13.2 Å². The third kappa shape index (κ3) is 7.38. The number of ether oxygens (including phenoxy) is 2. The number of rotatable bonds is 10. The molecule has 0 bridgehead atoms. The zero-order valence-corrected chi connectivity index (χ0v) is 13.0. The lowest BCUT2D eigenvalue weighted by Gasteiger charge is -2.35. The minimum absolute atomic E-state index is 0.0392. The van der Waals surface area contributed by atoms with Gasteiger partial charge < -0.3 is 24.8 Å². The first-order chi connectivity index (χ1) is 10.2. The van der Waals surface area contributed by atoms with Crippen LogP contribution in [0.3, 0.4) is 0 Å². The molecule has 1 aliphatic heterocycles. The summed E-state index contributed by atoms with van der Waals surface area (Å²) in [5.74, 6) is 0. The molecule has 0 unspecified atom stereocenters. The molecule has 0 aromatic rings. The van der Waals surface area contributed by atoms with E-state index in [2.05, 4.69) is 19.1 Å². The molecule has 124 valence electrons. The number of unbranched alkanes of at least 4 members (excludes halogenated alkanes) is 4. The molecular formula is C16H30O5. The fourth-order valence-electron chi connectivity index (χ4n) is 2.32.